The Hall–Kier alpha value is -2.40. The van der Waals surface area contributed by atoms with Gasteiger partial charge in [0.2, 0.25) is 0 Å². The van der Waals surface area contributed by atoms with Crippen LogP contribution in [-0.2, 0) is 16.4 Å². The van der Waals surface area contributed by atoms with Gasteiger partial charge in [-0.05, 0) is 50.5 Å². The van der Waals surface area contributed by atoms with Crippen LogP contribution < -0.4 is 4.74 Å². The average Bonchev–Trinajstić information content (AvgIpc) is 2.74. The Morgan fingerprint density at radius 3 is 2.48 bits per heavy atom. The summed E-state index contributed by atoms with van der Waals surface area (Å²) in [7, 11) is -3.33. The van der Waals surface area contributed by atoms with Crippen LogP contribution >= 0.6 is 0 Å². The molecule has 151 valence electrons. The third kappa shape index (κ3) is 4.01. The van der Waals surface area contributed by atoms with Gasteiger partial charge in [-0.2, -0.15) is 0 Å². The van der Waals surface area contributed by atoms with Crippen molar-refractivity contribution in [3.05, 3.63) is 72.4 Å². The highest BCUT2D eigenvalue weighted by atomic mass is 32.2. The summed E-state index contributed by atoms with van der Waals surface area (Å²) >= 11 is 0. The highest BCUT2D eigenvalue weighted by molar-refractivity contribution is 7.92. The second-order valence-electron chi connectivity index (χ2n) is 7.76. The van der Waals surface area contributed by atoms with Gasteiger partial charge in [0.1, 0.15) is 12.4 Å². The lowest BCUT2D eigenvalue weighted by molar-refractivity contribution is 0.307. The minimum atomic E-state index is -3.33. The second-order valence-corrected chi connectivity index (χ2v) is 9.99. The Kier molecular flexibility index (Phi) is 5.59. The van der Waals surface area contributed by atoms with Crippen LogP contribution in [0.25, 0.3) is 10.8 Å². The molecule has 0 bridgehead atoms. The van der Waals surface area contributed by atoms with E-state index in [1.807, 2.05) is 43.3 Å². The van der Waals surface area contributed by atoms with Gasteiger partial charge in [0.25, 0.3) is 0 Å². The standard InChI is InChI=1S/C24H26NO3S/c1-17-23-15-21(29(26,27)20-11-7-4-8-12-20)13-14-22(23)24(18(2)25-17)28-16-19-9-5-3-6-10-19/h3,5-6,9-10,13-15,20H,2,4,7-8,11-12,16H2,1H3. The van der Waals surface area contributed by atoms with Crippen LogP contribution in [0.2, 0.25) is 0 Å². The molecule has 0 saturated heterocycles. The van der Waals surface area contributed by atoms with Crippen molar-refractivity contribution in [2.24, 2.45) is 0 Å². The molecule has 0 N–H and O–H groups in total. The van der Waals surface area contributed by atoms with Crippen molar-refractivity contribution in [3.8, 4) is 5.75 Å². The third-order valence-corrected chi connectivity index (χ3v) is 8.00. The first kappa shape index (κ1) is 19.9. The van der Waals surface area contributed by atoms with Gasteiger partial charge in [0.05, 0.1) is 15.8 Å². The summed E-state index contributed by atoms with van der Waals surface area (Å²) in [5.74, 6) is 0.607. The van der Waals surface area contributed by atoms with E-state index in [1.54, 1.807) is 12.1 Å². The van der Waals surface area contributed by atoms with Crippen molar-refractivity contribution in [3.63, 3.8) is 0 Å². The fourth-order valence-corrected chi connectivity index (χ4v) is 6.00. The molecule has 0 amide bonds. The molecule has 5 heteroatoms. The summed E-state index contributed by atoms with van der Waals surface area (Å²) in [5, 5.41) is 1.38. The molecule has 1 saturated carbocycles. The SMILES string of the molecule is [CH2]c1nc(C)c2cc(S(=O)(=O)C3CCCCC3)ccc2c1OCc1ccccc1. The van der Waals surface area contributed by atoms with Gasteiger partial charge in [0, 0.05) is 16.5 Å². The number of aryl methyl sites for hydroxylation is 1. The third-order valence-electron chi connectivity index (χ3n) is 5.74. The number of nitrogens with zero attached hydrogens (tertiary/aromatic N) is 1. The van der Waals surface area contributed by atoms with Crippen LogP contribution in [0.3, 0.4) is 0 Å². The Labute approximate surface area is 172 Å². The number of aromatic nitrogens is 1. The number of ether oxygens (including phenoxy) is 1. The van der Waals surface area contributed by atoms with E-state index in [0.29, 0.717) is 22.9 Å². The van der Waals surface area contributed by atoms with E-state index in [2.05, 4.69) is 11.9 Å². The Morgan fingerprint density at radius 2 is 1.76 bits per heavy atom. The number of hydrogen-bond acceptors (Lipinski definition) is 4. The quantitative estimate of drug-likeness (QED) is 0.566. The molecule has 0 spiro atoms. The van der Waals surface area contributed by atoms with E-state index < -0.39 is 9.84 Å². The zero-order valence-electron chi connectivity index (χ0n) is 16.7. The number of sulfone groups is 1. The Balaban J connectivity index is 1.71. The zero-order chi connectivity index (χ0) is 20.4. The van der Waals surface area contributed by atoms with E-state index in [4.69, 9.17) is 4.74 Å². The first-order valence-electron chi connectivity index (χ1n) is 10.1. The highest BCUT2D eigenvalue weighted by Crippen LogP contribution is 2.35. The summed E-state index contributed by atoms with van der Waals surface area (Å²) in [6.45, 7) is 6.33. The van der Waals surface area contributed by atoms with Gasteiger partial charge in [-0.25, -0.2) is 8.42 Å². The first-order chi connectivity index (χ1) is 14.0. The molecule has 4 nitrogen and oxygen atoms in total. The molecule has 1 heterocycles. The topological polar surface area (TPSA) is 56.3 Å². The normalized spacial score (nSPS) is 15.5. The van der Waals surface area contributed by atoms with E-state index in [-0.39, 0.29) is 5.25 Å². The molecular formula is C24H26NO3S. The number of pyridine rings is 1. The maximum absolute atomic E-state index is 13.1. The molecule has 1 aliphatic rings. The van der Waals surface area contributed by atoms with Gasteiger partial charge >= 0.3 is 0 Å². The lowest BCUT2D eigenvalue weighted by atomic mass is 10.0. The smallest absolute Gasteiger partial charge is 0.181 e. The van der Waals surface area contributed by atoms with Gasteiger partial charge < -0.3 is 4.74 Å². The lowest BCUT2D eigenvalue weighted by Gasteiger charge is -2.22. The van der Waals surface area contributed by atoms with Crippen molar-refractivity contribution in [2.45, 2.75) is 55.8 Å². The van der Waals surface area contributed by atoms with Gasteiger partial charge in [-0.1, -0.05) is 49.6 Å². The molecule has 4 rings (SSSR count). The fraction of sp³-hybridized carbons (Fsp3) is 0.333. The molecular weight excluding hydrogens is 382 g/mol. The molecule has 3 aromatic rings. The minimum Gasteiger partial charge on any atom is -0.486 e. The Morgan fingerprint density at radius 1 is 1.03 bits per heavy atom. The van der Waals surface area contributed by atoms with Crippen molar-refractivity contribution >= 4 is 20.6 Å². The van der Waals surface area contributed by atoms with Crippen molar-refractivity contribution in [1.29, 1.82) is 0 Å². The van der Waals surface area contributed by atoms with Crippen LogP contribution in [0.15, 0.2) is 53.4 Å². The second kappa shape index (κ2) is 8.15. The van der Waals surface area contributed by atoms with Gasteiger partial charge in [-0.3, -0.25) is 4.98 Å². The average molecular weight is 409 g/mol. The molecule has 0 unspecified atom stereocenters. The van der Waals surface area contributed by atoms with Gasteiger partial charge in [0.15, 0.2) is 9.84 Å². The molecule has 2 aromatic carbocycles. The Bertz CT molecular complexity index is 1120. The van der Waals surface area contributed by atoms with E-state index >= 15 is 0 Å². The maximum Gasteiger partial charge on any atom is 0.181 e. The molecule has 1 aromatic heterocycles. The number of hydrogen-bond donors (Lipinski definition) is 0. The summed E-state index contributed by atoms with van der Waals surface area (Å²) in [5.41, 5.74) is 2.38. The summed E-state index contributed by atoms with van der Waals surface area (Å²) in [4.78, 5) is 4.90. The minimum absolute atomic E-state index is 0.275. The number of fused-ring (bicyclic) bond motifs is 1. The lowest BCUT2D eigenvalue weighted by Crippen LogP contribution is -2.24. The van der Waals surface area contributed by atoms with E-state index in [1.165, 1.54) is 0 Å². The largest absolute Gasteiger partial charge is 0.486 e. The summed E-state index contributed by atoms with van der Waals surface area (Å²) in [6, 6.07) is 15.2. The molecule has 0 atom stereocenters. The molecule has 1 fully saturated rings. The molecule has 1 aliphatic carbocycles. The summed E-state index contributed by atoms with van der Waals surface area (Å²) in [6.07, 6.45) is 4.60. The van der Waals surface area contributed by atoms with Crippen LogP contribution in [-0.4, -0.2) is 18.7 Å². The number of rotatable bonds is 5. The van der Waals surface area contributed by atoms with Crippen molar-refractivity contribution in [2.75, 3.05) is 0 Å². The first-order valence-corrected chi connectivity index (χ1v) is 11.7. The predicted molar refractivity (Wildman–Crippen MR) is 116 cm³/mol. The highest BCUT2D eigenvalue weighted by Gasteiger charge is 2.29. The van der Waals surface area contributed by atoms with Gasteiger partial charge in [-0.15, -0.1) is 0 Å². The predicted octanol–water partition coefficient (Wildman–Crippen LogP) is 5.41. The molecule has 0 aliphatic heterocycles. The fourth-order valence-electron chi connectivity index (χ4n) is 4.13. The van der Waals surface area contributed by atoms with Crippen molar-refractivity contribution in [1.82, 2.24) is 4.98 Å². The van der Waals surface area contributed by atoms with E-state index in [0.717, 1.165) is 54.1 Å². The maximum atomic E-state index is 13.1. The molecule has 29 heavy (non-hydrogen) atoms. The van der Waals surface area contributed by atoms with Crippen LogP contribution in [0.1, 0.15) is 49.1 Å². The van der Waals surface area contributed by atoms with Crippen LogP contribution in [0.4, 0.5) is 0 Å². The van der Waals surface area contributed by atoms with E-state index in [9.17, 15) is 8.42 Å². The van der Waals surface area contributed by atoms with Crippen LogP contribution in [0.5, 0.6) is 5.75 Å². The zero-order valence-corrected chi connectivity index (χ0v) is 17.5. The van der Waals surface area contributed by atoms with Crippen LogP contribution in [0, 0.1) is 13.8 Å². The number of benzene rings is 2. The molecule has 1 radical (unpaired) electrons. The monoisotopic (exact) mass is 408 g/mol. The summed E-state index contributed by atoms with van der Waals surface area (Å²) < 4.78 is 32.3. The van der Waals surface area contributed by atoms with Crippen molar-refractivity contribution < 1.29 is 13.2 Å².